The number of fused-ring (bicyclic) bond motifs is 2. The number of urea groups is 1. The van der Waals surface area contributed by atoms with Gasteiger partial charge in [0, 0.05) is 26.2 Å². The van der Waals surface area contributed by atoms with Gasteiger partial charge in [0.05, 0.1) is 47.2 Å². The topological polar surface area (TPSA) is 187 Å². The number of alkyl carbamates (subject to hydrolysis) is 1. The number of aromatic nitrogens is 2. The number of amides is 3. The molecule has 1 aromatic heterocycles. The first-order chi connectivity index (χ1) is 23.4. The number of aliphatic hydroxyl groups excluding tert-OH is 1. The molecule has 268 valence electrons. The van der Waals surface area contributed by atoms with Crippen LogP contribution in [0.5, 0.6) is 0 Å². The van der Waals surface area contributed by atoms with E-state index in [1.807, 2.05) is 63.2 Å². The normalized spacial score (nSPS) is 20.4. The van der Waals surface area contributed by atoms with E-state index in [2.05, 4.69) is 25.9 Å². The first-order valence-electron chi connectivity index (χ1n) is 16.5. The van der Waals surface area contributed by atoms with Crippen LogP contribution in [0.15, 0.2) is 53.4 Å². The molecular weight excluding hydrogens is 654 g/mol. The Labute approximate surface area is 286 Å². The molecule has 49 heavy (non-hydrogen) atoms. The minimum absolute atomic E-state index is 0.0139. The molecule has 5 N–H and O–H groups in total. The van der Waals surface area contributed by atoms with Gasteiger partial charge in [-0.25, -0.2) is 23.0 Å². The van der Waals surface area contributed by atoms with E-state index < -0.39 is 40.4 Å². The number of aromatic amines is 1. The molecule has 3 unspecified atom stereocenters. The second kappa shape index (κ2) is 16.3. The zero-order valence-electron chi connectivity index (χ0n) is 28.3. The molecule has 2 saturated heterocycles. The molecule has 15 nitrogen and oxygen atoms in total. The quantitative estimate of drug-likeness (QED) is 0.157. The lowest BCUT2D eigenvalue weighted by Crippen LogP contribution is -2.51. The van der Waals surface area contributed by atoms with Crippen LogP contribution in [-0.2, 0) is 30.7 Å². The molecule has 0 radical (unpaired) electrons. The molecular formula is C33H47N7O8S. The number of sulfonamides is 1. The highest BCUT2D eigenvalue weighted by molar-refractivity contribution is 7.89. The molecule has 2 fully saturated rings. The Hall–Kier alpha value is -3.80. The van der Waals surface area contributed by atoms with E-state index in [0.29, 0.717) is 30.7 Å². The van der Waals surface area contributed by atoms with Crippen molar-refractivity contribution in [2.75, 3.05) is 58.8 Å². The number of aliphatic hydroxyl groups is 1. The molecule has 0 spiro atoms. The number of H-pyrrole nitrogens is 1. The second-order valence-electron chi connectivity index (χ2n) is 13.1. The number of anilines is 1. The van der Waals surface area contributed by atoms with Crippen molar-refractivity contribution in [2.24, 2.45) is 11.8 Å². The molecule has 5 atom stereocenters. The van der Waals surface area contributed by atoms with Crippen molar-refractivity contribution in [3.05, 3.63) is 54.1 Å². The minimum Gasteiger partial charge on any atom is -0.443 e. The van der Waals surface area contributed by atoms with Crippen LogP contribution in [0.4, 0.5) is 15.5 Å². The van der Waals surface area contributed by atoms with Gasteiger partial charge in [0.15, 0.2) is 6.29 Å². The van der Waals surface area contributed by atoms with Gasteiger partial charge in [0.1, 0.15) is 6.10 Å². The summed E-state index contributed by atoms with van der Waals surface area (Å²) in [6.07, 6.45) is -1.93. The predicted octanol–water partition coefficient (Wildman–Crippen LogP) is 2.35. The summed E-state index contributed by atoms with van der Waals surface area (Å²) >= 11 is 0. The molecule has 3 amide bonds. The highest BCUT2D eigenvalue weighted by Gasteiger charge is 2.44. The number of hydrogen-bond donors (Lipinski definition) is 5. The van der Waals surface area contributed by atoms with Crippen LogP contribution in [0, 0.1) is 11.8 Å². The standard InChI is InChI=1S/C33H47N7O8S/c1-21(2)18-40(49(44,45)23-10-11-25-26(17-23)36-31(35-25)38-32(42)34-13-14-39(3)4)19-28(41)27(16-22-8-6-5-7-9-22)37-33(43)48-29-20-47-30-24(29)12-15-46-30/h5-11,17,21,24,27-30,41H,12-16,18-20H2,1-4H3,(H,37,43)(H3,34,35,36,38,42)/t24?,27-,28+,29?,30?/m0/s1. The molecule has 2 aliphatic heterocycles. The third kappa shape index (κ3) is 9.67. The van der Waals surface area contributed by atoms with Gasteiger partial charge in [-0.05, 0) is 56.6 Å². The summed E-state index contributed by atoms with van der Waals surface area (Å²) in [7, 11) is -0.333. The lowest BCUT2D eigenvalue weighted by atomic mass is 10.0. The summed E-state index contributed by atoms with van der Waals surface area (Å²) in [5.41, 5.74) is 1.72. The number of rotatable bonds is 15. The van der Waals surface area contributed by atoms with Gasteiger partial charge >= 0.3 is 12.1 Å². The van der Waals surface area contributed by atoms with Crippen LogP contribution in [0.2, 0.25) is 0 Å². The van der Waals surface area contributed by atoms with E-state index in [1.165, 1.54) is 16.4 Å². The van der Waals surface area contributed by atoms with E-state index in [4.69, 9.17) is 14.2 Å². The number of nitrogens with zero attached hydrogens (tertiary/aromatic N) is 3. The Balaban J connectivity index is 1.31. The molecule has 3 heterocycles. The lowest BCUT2D eigenvalue weighted by Gasteiger charge is -2.31. The number of likely N-dealkylation sites (N-methyl/N-ethyl adjacent to an activating group) is 1. The first-order valence-corrected chi connectivity index (χ1v) is 17.9. The highest BCUT2D eigenvalue weighted by atomic mass is 32.2. The maximum atomic E-state index is 14.1. The third-order valence-corrected chi connectivity index (χ3v) is 10.3. The Bertz CT molecular complexity index is 1670. The average molecular weight is 702 g/mol. The Morgan fingerprint density at radius 2 is 1.90 bits per heavy atom. The summed E-state index contributed by atoms with van der Waals surface area (Å²) in [5.74, 6) is 0.0385. The molecule has 5 rings (SSSR count). The zero-order chi connectivity index (χ0) is 35.1. The van der Waals surface area contributed by atoms with E-state index in [-0.39, 0.29) is 55.1 Å². The largest absolute Gasteiger partial charge is 0.443 e. The van der Waals surface area contributed by atoms with E-state index in [9.17, 15) is 23.1 Å². The smallest absolute Gasteiger partial charge is 0.407 e. The van der Waals surface area contributed by atoms with Gasteiger partial charge in [0.25, 0.3) is 0 Å². The van der Waals surface area contributed by atoms with Crippen LogP contribution < -0.4 is 16.0 Å². The number of carbonyl (C=O) groups excluding carboxylic acids is 2. The van der Waals surface area contributed by atoms with Gasteiger partial charge in [-0.15, -0.1) is 0 Å². The summed E-state index contributed by atoms with van der Waals surface area (Å²) in [6, 6.07) is 12.5. The Kier molecular flexibility index (Phi) is 12.1. The molecule has 3 aromatic rings. The fraction of sp³-hybridized carbons (Fsp3) is 0.545. The van der Waals surface area contributed by atoms with Gasteiger partial charge in [-0.2, -0.15) is 4.31 Å². The van der Waals surface area contributed by atoms with E-state index in [0.717, 1.165) is 12.0 Å². The molecule has 2 aliphatic rings. The number of hydrogen-bond acceptors (Lipinski definition) is 10. The summed E-state index contributed by atoms with van der Waals surface area (Å²) in [6.45, 7) is 5.45. The van der Waals surface area contributed by atoms with Crippen LogP contribution >= 0.6 is 0 Å². The number of ether oxygens (including phenoxy) is 3. The second-order valence-corrected chi connectivity index (χ2v) is 15.1. The van der Waals surface area contributed by atoms with Crippen LogP contribution in [-0.4, -0.2) is 123 Å². The van der Waals surface area contributed by atoms with Crippen molar-refractivity contribution in [1.29, 1.82) is 0 Å². The summed E-state index contributed by atoms with van der Waals surface area (Å²) < 4.78 is 46.3. The van der Waals surface area contributed by atoms with Crippen LogP contribution in [0.25, 0.3) is 11.0 Å². The number of nitrogens with one attached hydrogen (secondary N) is 4. The van der Waals surface area contributed by atoms with Gasteiger partial charge in [-0.1, -0.05) is 44.2 Å². The van der Waals surface area contributed by atoms with Crippen molar-refractivity contribution in [3.8, 4) is 0 Å². The SMILES string of the molecule is CC(C)CN(C[C@@H](O)[C@H](Cc1ccccc1)NC(=O)OC1COC2OCCC12)S(=O)(=O)c1ccc2nc(NC(=O)NCCN(C)C)[nH]c2c1. The fourth-order valence-corrected chi connectivity index (χ4v) is 7.59. The Morgan fingerprint density at radius 1 is 1.12 bits per heavy atom. The maximum absolute atomic E-state index is 14.1. The average Bonchev–Trinajstić information content (AvgIpc) is 3.77. The molecule has 2 aromatic carbocycles. The van der Waals surface area contributed by atoms with Gasteiger partial charge in [0.2, 0.25) is 16.0 Å². The fourth-order valence-electron chi connectivity index (χ4n) is 5.94. The molecule has 0 bridgehead atoms. The maximum Gasteiger partial charge on any atom is 0.407 e. The van der Waals surface area contributed by atoms with Crippen molar-refractivity contribution < 1.29 is 37.3 Å². The zero-order valence-corrected chi connectivity index (χ0v) is 29.1. The van der Waals surface area contributed by atoms with E-state index in [1.54, 1.807) is 6.07 Å². The predicted molar refractivity (Wildman–Crippen MR) is 182 cm³/mol. The van der Waals surface area contributed by atoms with Gasteiger partial charge in [-0.3, -0.25) is 5.32 Å². The molecule has 0 saturated carbocycles. The van der Waals surface area contributed by atoms with Crippen molar-refractivity contribution in [2.45, 2.75) is 56.1 Å². The number of imidazole rings is 1. The summed E-state index contributed by atoms with van der Waals surface area (Å²) in [5, 5.41) is 19.8. The van der Waals surface area contributed by atoms with Crippen molar-refractivity contribution in [3.63, 3.8) is 0 Å². The highest BCUT2D eigenvalue weighted by Crippen LogP contribution is 2.33. The van der Waals surface area contributed by atoms with Crippen molar-refractivity contribution in [1.82, 2.24) is 29.8 Å². The first kappa shape index (κ1) is 36.5. The van der Waals surface area contributed by atoms with Gasteiger partial charge < -0.3 is 39.8 Å². The summed E-state index contributed by atoms with van der Waals surface area (Å²) in [4.78, 5) is 34.7. The lowest BCUT2D eigenvalue weighted by molar-refractivity contribution is -0.0907. The number of benzene rings is 2. The molecule has 0 aliphatic carbocycles. The monoisotopic (exact) mass is 701 g/mol. The minimum atomic E-state index is -4.13. The molecule has 16 heteroatoms. The Morgan fingerprint density at radius 3 is 2.63 bits per heavy atom. The van der Waals surface area contributed by atoms with Crippen LogP contribution in [0.1, 0.15) is 25.8 Å². The number of carbonyl (C=O) groups is 2. The van der Waals surface area contributed by atoms with E-state index >= 15 is 0 Å². The third-order valence-electron chi connectivity index (χ3n) is 8.44. The van der Waals surface area contributed by atoms with Crippen molar-refractivity contribution >= 4 is 39.1 Å². The van der Waals surface area contributed by atoms with Crippen LogP contribution in [0.3, 0.4) is 0 Å².